The predicted molar refractivity (Wildman–Crippen MR) is 153 cm³/mol. The number of amides is 2. The normalized spacial score (nSPS) is 30.0. The molecule has 0 spiro atoms. The average Bonchev–Trinajstić information content (AvgIpc) is 3.49. The lowest BCUT2D eigenvalue weighted by Gasteiger charge is -2.61. The number of nitrogens with one attached hydrogen (secondary N) is 3. The molecule has 8 rings (SSSR count). The summed E-state index contributed by atoms with van der Waals surface area (Å²) in [7, 11) is -3.37. The molecule has 41 heavy (non-hydrogen) atoms. The van der Waals surface area contributed by atoms with Gasteiger partial charge in [-0.1, -0.05) is 12.1 Å². The van der Waals surface area contributed by atoms with Gasteiger partial charge in [0.1, 0.15) is 5.82 Å². The van der Waals surface area contributed by atoms with E-state index in [0.29, 0.717) is 29.3 Å². The number of rotatable bonds is 7. The van der Waals surface area contributed by atoms with Crippen LogP contribution in [0.4, 0.5) is 20.6 Å². The number of nitrogens with zero attached hydrogens (tertiary/aromatic N) is 2. The molecule has 9 nitrogen and oxygen atoms in total. The molecule has 216 valence electrons. The lowest BCUT2D eigenvalue weighted by Crippen LogP contribution is -2.62. The van der Waals surface area contributed by atoms with E-state index >= 15 is 4.39 Å². The molecule has 4 saturated carbocycles. The van der Waals surface area contributed by atoms with Crippen molar-refractivity contribution >= 4 is 27.4 Å². The number of urea groups is 1. The summed E-state index contributed by atoms with van der Waals surface area (Å²) in [5.74, 6) is 0.832. The van der Waals surface area contributed by atoms with Crippen LogP contribution in [0.1, 0.15) is 50.1 Å². The Hall–Kier alpha value is -3.44. The van der Waals surface area contributed by atoms with Crippen LogP contribution in [0, 0.1) is 29.0 Å². The number of sulfonamides is 1. The predicted octanol–water partition coefficient (Wildman–Crippen LogP) is 4.73. The Morgan fingerprint density at radius 2 is 1.83 bits per heavy atom. The number of imidazole rings is 1. The summed E-state index contributed by atoms with van der Waals surface area (Å²) in [6.45, 7) is 0. The number of hydrogen-bond acceptors (Lipinski definition) is 5. The molecule has 0 radical (unpaired) electrons. The van der Waals surface area contributed by atoms with Gasteiger partial charge in [0.25, 0.3) is 0 Å². The summed E-state index contributed by atoms with van der Waals surface area (Å²) in [5.41, 5.74) is 3.14. The second-order valence-electron chi connectivity index (χ2n) is 12.6. The fourth-order valence-electron chi connectivity index (χ4n) is 8.58. The van der Waals surface area contributed by atoms with E-state index < -0.39 is 16.1 Å². The molecule has 4 bridgehead atoms. The van der Waals surface area contributed by atoms with Gasteiger partial charge in [-0.25, -0.2) is 22.6 Å². The lowest BCUT2D eigenvalue weighted by atomic mass is 9.46. The first-order valence-electron chi connectivity index (χ1n) is 14.2. The highest BCUT2D eigenvalue weighted by atomic mass is 32.2. The van der Waals surface area contributed by atoms with E-state index in [1.807, 2.05) is 10.6 Å². The van der Waals surface area contributed by atoms with E-state index in [0.717, 1.165) is 49.6 Å². The van der Waals surface area contributed by atoms with Crippen molar-refractivity contribution in [2.24, 2.45) is 23.2 Å². The van der Waals surface area contributed by atoms with Crippen molar-refractivity contribution in [3.8, 4) is 11.3 Å². The summed E-state index contributed by atoms with van der Waals surface area (Å²) in [6.07, 6.45) is 9.16. The third-order valence-electron chi connectivity index (χ3n) is 9.88. The maximum absolute atomic E-state index is 15.0. The van der Waals surface area contributed by atoms with E-state index in [4.69, 9.17) is 0 Å². The fraction of sp³-hybridized carbons (Fsp3) is 0.467. The highest BCUT2D eigenvalue weighted by Gasteiger charge is 2.58. The Balaban J connectivity index is 1.03. The second kappa shape index (κ2) is 9.55. The summed E-state index contributed by atoms with van der Waals surface area (Å²) < 4.78 is 42.3. The Morgan fingerprint density at radius 3 is 2.54 bits per heavy atom. The zero-order valence-electron chi connectivity index (χ0n) is 22.8. The number of aliphatic hydroxyl groups is 1. The number of carbonyl (C=O) groups excluding carboxylic acids is 1. The Labute approximate surface area is 238 Å². The number of carbonyl (C=O) groups is 1. The van der Waals surface area contributed by atoms with Gasteiger partial charge in [-0.15, -0.1) is 0 Å². The molecule has 4 aliphatic carbocycles. The zero-order valence-corrected chi connectivity index (χ0v) is 23.6. The third kappa shape index (κ3) is 4.68. The quantitative estimate of drug-likeness (QED) is 0.322. The van der Waals surface area contributed by atoms with Gasteiger partial charge in [-0.2, -0.15) is 0 Å². The van der Waals surface area contributed by atoms with Crippen LogP contribution < -0.4 is 15.4 Å². The molecule has 1 aromatic heterocycles. The van der Waals surface area contributed by atoms with Gasteiger partial charge in [-0.05, 0) is 92.0 Å². The number of halogens is 1. The largest absolute Gasteiger partial charge is 0.392 e. The van der Waals surface area contributed by atoms with E-state index in [2.05, 4.69) is 20.3 Å². The fourth-order valence-corrected chi connectivity index (χ4v) is 9.14. The van der Waals surface area contributed by atoms with Crippen LogP contribution in [-0.2, 0) is 10.0 Å². The summed E-state index contributed by atoms with van der Waals surface area (Å²) >= 11 is 0. The average molecular weight is 580 g/mol. The first kappa shape index (κ1) is 26.5. The van der Waals surface area contributed by atoms with Gasteiger partial charge in [0.05, 0.1) is 36.6 Å². The van der Waals surface area contributed by atoms with E-state index in [9.17, 15) is 18.3 Å². The first-order valence-corrected chi connectivity index (χ1v) is 16.1. The van der Waals surface area contributed by atoms with Crippen molar-refractivity contribution in [3.05, 3.63) is 66.4 Å². The molecule has 3 aromatic rings. The van der Waals surface area contributed by atoms with E-state index in [1.165, 1.54) is 6.07 Å². The SMILES string of the molecule is CS(=O)(=O)Nc1ccc(NC(=O)NC2C3CC4CC2CC(C(O)CC2c5c(F)cccc5-c5cncn52)(C4)C3)cc1. The van der Waals surface area contributed by atoms with Crippen LogP contribution in [0.3, 0.4) is 0 Å². The highest BCUT2D eigenvalue weighted by Crippen LogP contribution is 2.62. The topological polar surface area (TPSA) is 125 Å². The summed E-state index contributed by atoms with van der Waals surface area (Å²) in [5, 5.41) is 17.9. The smallest absolute Gasteiger partial charge is 0.319 e. The molecular weight excluding hydrogens is 545 g/mol. The molecule has 2 aromatic carbocycles. The molecule has 4 fully saturated rings. The van der Waals surface area contributed by atoms with Crippen molar-refractivity contribution in [2.45, 2.75) is 56.7 Å². The van der Waals surface area contributed by atoms with Crippen LogP contribution in [-0.4, -0.2) is 47.5 Å². The van der Waals surface area contributed by atoms with Gasteiger partial charge in [0, 0.05) is 28.5 Å². The number of fused-ring (bicyclic) bond motifs is 3. The Kier molecular flexibility index (Phi) is 6.17. The van der Waals surface area contributed by atoms with Gasteiger partial charge < -0.3 is 20.3 Å². The molecule has 4 N–H and O–H groups in total. The minimum absolute atomic E-state index is 0.0305. The number of hydrogen-bond donors (Lipinski definition) is 4. The maximum Gasteiger partial charge on any atom is 0.319 e. The van der Waals surface area contributed by atoms with Gasteiger partial charge in [-0.3, -0.25) is 4.72 Å². The molecular formula is C30H34FN5O4S. The van der Waals surface area contributed by atoms with Crippen molar-refractivity contribution in [1.82, 2.24) is 14.9 Å². The molecule has 11 heteroatoms. The standard InChI is InChI=1S/C30H34FN5O4S/c1-41(39,40)35-21-7-5-20(6-8-21)33-29(38)34-28-18-9-17-10-19(28)14-30(12-17,13-18)26(37)11-24-27-22(3-2-4-23(27)31)25-15-32-16-36(24)25/h2-8,15-19,24,26,28,35,37H,9-14H2,1H3,(H2,33,34,38). The van der Waals surface area contributed by atoms with Crippen LogP contribution in [0.2, 0.25) is 0 Å². The van der Waals surface area contributed by atoms with Gasteiger partial charge in [0.2, 0.25) is 10.0 Å². The van der Waals surface area contributed by atoms with E-state index in [1.54, 1.807) is 42.9 Å². The number of benzene rings is 2. The minimum atomic E-state index is -3.37. The lowest BCUT2D eigenvalue weighted by molar-refractivity contribution is -0.135. The summed E-state index contributed by atoms with van der Waals surface area (Å²) in [4.78, 5) is 17.3. The second-order valence-corrected chi connectivity index (χ2v) is 14.3. The van der Waals surface area contributed by atoms with Crippen LogP contribution in [0.25, 0.3) is 11.3 Å². The monoisotopic (exact) mass is 579 g/mol. The van der Waals surface area contributed by atoms with Crippen molar-refractivity contribution in [3.63, 3.8) is 0 Å². The molecule has 2 amide bonds. The number of aromatic nitrogens is 2. The van der Waals surface area contributed by atoms with Crippen molar-refractivity contribution in [2.75, 3.05) is 16.3 Å². The van der Waals surface area contributed by atoms with E-state index in [-0.39, 0.29) is 41.2 Å². The summed E-state index contributed by atoms with van der Waals surface area (Å²) in [6, 6.07) is 11.1. The van der Waals surface area contributed by atoms with Crippen LogP contribution >= 0.6 is 0 Å². The highest BCUT2D eigenvalue weighted by molar-refractivity contribution is 7.92. The van der Waals surface area contributed by atoms with Crippen LogP contribution in [0.5, 0.6) is 0 Å². The molecule has 4 unspecified atom stereocenters. The molecule has 4 atom stereocenters. The molecule has 0 saturated heterocycles. The van der Waals surface area contributed by atoms with Gasteiger partial charge >= 0.3 is 6.03 Å². The van der Waals surface area contributed by atoms with Crippen LogP contribution in [0.15, 0.2) is 55.0 Å². The van der Waals surface area contributed by atoms with Gasteiger partial charge in [0.15, 0.2) is 0 Å². The maximum atomic E-state index is 15.0. The molecule has 5 aliphatic rings. The third-order valence-corrected chi connectivity index (χ3v) is 10.5. The molecule has 2 heterocycles. The number of anilines is 2. The zero-order chi connectivity index (χ0) is 28.5. The molecule has 1 aliphatic heterocycles. The van der Waals surface area contributed by atoms with Crippen molar-refractivity contribution in [1.29, 1.82) is 0 Å². The Bertz CT molecular complexity index is 1590. The first-order chi connectivity index (χ1) is 19.6. The van der Waals surface area contributed by atoms with Crippen molar-refractivity contribution < 1.29 is 22.7 Å². The minimum Gasteiger partial charge on any atom is -0.392 e. The Morgan fingerprint density at radius 1 is 1.12 bits per heavy atom. The number of aliphatic hydroxyl groups excluding tert-OH is 1.